The van der Waals surface area contributed by atoms with Crippen LogP contribution in [-0.4, -0.2) is 33.1 Å². The molecule has 1 amide bonds. The van der Waals surface area contributed by atoms with Crippen molar-refractivity contribution in [3.05, 3.63) is 5.82 Å². The van der Waals surface area contributed by atoms with E-state index in [-0.39, 0.29) is 17.1 Å². The molecule has 0 bridgehead atoms. The summed E-state index contributed by atoms with van der Waals surface area (Å²) in [6.07, 6.45) is 0. The van der Waals surface area contributed by atoms with Gasteiger partial charge in [-0.2, -0.15) is 5.21 Å². The van der Waals surface area contributed by atoms with Crippen molar-refractivity contribution in [1.29, 1.82) is 0 Å². The van der Waals surface area contributed by atoms with Gasteiger partial charge in [-0.1, -0.05) is 27.7 Å². The fourth-order valence-electron chi connectivity index (χ4n) is 0.849. The summed E-state index contributed by atoms with van der Waals surface area (Å²) in [5.41, 5.74) is 0.0550. The zero-order valence-corrected chi connectivity index (χ0v) is 9.53. The lowest BCUT2D eigenvalue weighted by Gasteiger charge is -2.29. The van der Waals surface area contributed by atoms with Crippen LogP contribution in [0, 0.1) is 11.3 Å². The van der Waals surface area contributed by atoms with Crippen molar-refractivity contribution in [2.75, 3.05) is 6.54 Å². The van der Waals surface area contributed by atoms with Gasteiger partial charge >= 0.3 is 0 Å². The zero-order chi connectivity index (χ0) is 11.5. The Morgan fingerprint density at radius 2 is 2.20 bits per heavy atom. The number of nitrogens with zero attached hydrogens (tertiary/aromatic N) is 3. The Morgan fingerprint density at radius 1 is 1.53 bits per heavy atom. The van der Waals surface area contributed by atoms with Gasteiger partial charge in [0.15, 0.2) is 0 Å². The minimum atomic E-state index is -0.294. The number of rotatable bonds is 4. The van der Waals surface area contributed by atoms with Gasteiger partial charge in [0.25, 0.3) is 11.7 Å². The minimum absolute atomic E-state index is 0.0550. The fraction of sp³-hybridized carbons (Fsp3) is 0.778. The van der Waals surface area contributed by atoms with Crippen molar-refractivity contribution >= 4 is 5.91 Å². The highest BCUT2D eigenvalue weighted by Crippen LogP contribution is 2.24. The van der Waals surface area contributed by atoms with Crippen LogP contribution >= 0.6 is 0 Å². The molecule has 1 rings (SSSR count). The van der Waals surface area contributed by atoms with E-state index in [0.29, 0.717) is 12.5 Å². The molecule has 1 heterocycles. The zero-order valence-electron chi connectivity index (χ0n) is 9.53. The molecule has 1 aromatic heterocycles. The number of aromatic nitrogens is 4. The van der Waals surface area contributed by atoms with Gasteiger partial charge in [-0.25, -0.2) is 0 Å². The molecular formula is C9H17N5O. The summed E-state index contributed by atoms with van der Waals surface area (Å²) >= 11 is 0. The van der Waals surface area contributed by atoms with Crippen molar-refractivity contribution in [3.8, 4) is 0 Å². The van der Waals surface area contributed by atoms with Gasteiger partial charge in [-0.3, -0.25) is 4.79 Å². The second-order valence-corrected chi connectivity index (χ2v) is 4.56. The van der Waals surface area contributed by atoms with Gasteiger partial charge in [0.1, 0.15) is 0 Å². The molecule has 0 aromatic carbocycles. The highest BCUT2D eigenvalue weighted by molar-refractivity contribution is 5.90. The molecule has 0 saturated heterocycles. The maximum atomic E-state index is 11.5. The number of tetrazole rings is 1. The smallest absolute Gasteiger partial charge is 0.292 e. The maximum absolute atomic E-state index is 11.5. The quantitative estimate of drug-likeness (QED) is 0.764. The third kappa shape index (κ3) is 3.00. The number of carbonyl (C=O) groups excluding carboxylic acids is 1. The first-order chi connectivity index (χ1) is 6.93. The Kier molecular flexibility index (Phi) is 3.39. The molecule has 0 unspecified atom stereocenters. The van der Waals surface area contributed by atoms with E-state index in [2.05, 4.69) is 53.6 Å². The van der Waals surface area contributed by atoms with Gasteiger partial charge in [0, 0.05) is 6.54 Å². The number of hydrogen-bond donors (Lipinski definition) is 2. The molecule has 0 aliphatic carbocycles. The average Bonchev–Trinajstić information content (AvgIpc) is 2.66. The Hall–Kier alpha value is -1.46. The number of H-pyrrole nitrogens is 1. The van der Waals surface area contributed by atoms with Crippen LogP contribution in [0.25, 0.3) is 0 Å². The summed E-state index contributed by atoms with van der Waals surface area (Å²) in [6.45, 7) is 9.06. The Morgan fingerprint density at radius 3 is 2.67 bits per heavy atom. The molecule has 6 nitrogen and oxygen atoms in total. The number of amides is 1. The molecule has 0 radical (unpaired) electrons. The maximum Gasteiger partial charge on any atom is 0.292 e. The van der Waals surface area contributed by atoms with Crippen molar-refractivity contribution in [1.82, 2.24) is 25.9 Å². The SMILES string of the molecule is CC(C)C(C)(C)CNC(=O)c1nn[nH]n1. The van der Waals surface area contributed by atoms with E-state index in [4.69, 9.17) is 0 Å². The third-order valence-corrected chi connectivity index (χ3v) is 2.82. The Balaban J connectivity index is 2.48. The molecule has 6 heteroatoms. The first-order valence-corrected chi connectivity index (χ1v) is 4.95. The van der Waals surface area contributed by atoms with Crippen LogP contribution in [0.2, 0.25) is 0 Å². The van der Waals surface area contributed by atoms with Crippen LogP contribution in [0.3, 0.4) is 0 Å². The van der Waals surface area contributed by atoms with Crippen molar-refractivity contribution in [3.63, 3.8) is 0 Å². The lowest BCUT2D eigenvalue weighted by molar-refractivity contribution is 0.0914. The van der Waals surface area contributed by atoms with E-state index in [0.717, 1.165) is 0 Å². The first kappa shape index (κ1) is 11.6. The van der Waals surface area contributed by atoms with Crippen molar-refractivity contribution < 1.29 is 4.79 Å². The van der Waals surface area contributed by atoms with E-state index >= 15 is 0 Å². The monoisotopic (exact) mass is 211 g/mol. The van der Waals surface area contributed by atoms with Crippen molar-refractivity contribution in [2.24, 2.45) is 11.3 Å². The number of hydrogen-bond acceptors (Lipinski definition) is 4. The Bertz CT molecular complexity index is 317. The molecule has 0 fully saturated rings. The number of nitrogens with one attached hydrogen (secondary N) is 2. The third-order valence-electron chi connectivity index (χ3n) is 2.82. The predicted molar refractivity (Wildman–Crippen MR) is 55.1 cm³/mol. The van der Waals surface area contributed by atoms with E-state index in [9.17, 15) is 4.79 Å². The van der Waals surface area contributed by atoms with Gasteiger partial charge < -0.3 is 5.32 Å². The lowest BCUT2D eigenvalue weighted by Crippen LogP contribution is -2.37. The van der Waals surface area contributed by atoms with Gasteiger partial charge in [-0.05, 0) is 16.5 Å². The fourth-order valence-corrected chi connectivity index (χ4v) is 0.849. The van der Waals surface area contributed by atoms with E-state index < -0.39 is 0 Å². The molecule has 0 spiro atoms. The first-order valence-electron chi connectivity index (χ1n) is 4.95. The largest absolute Gasteiger partial charge is 0.349 e. The minimum Gasteiger partial charge on any atom is -0.349 e. The molecule has 0 aliphatic rings. The number of carbonyl (C=O) groups is 1. The van der Waals surface area contributed by atoms with Crippen LogP contribution in [0.1, 0.15) is 38.3 Å². The van der Waals surface area contributed by atoms with Crippen LogP contribution in [-0.2, 0) is 0 Å². The molecule has 0 aliphatic heterocycles. The van der Waals surface area contributed by atoms with Crippen molar-refractivity contribution in [2.45, 2.75) is 27.7 Å². The standard InChI is InChI=1S/C9H17N5O/c1-6(2)9(3,4)5-10-8(15)7-11-13-14-12-7/h6H,5H2,1-4H3,(H,10,15)(H,11,12,13,14). The Labute approximate surface area is 88.8 Å². The molecule has 2 N–H and O–H groups in total. The van der Waals surface area contributed by atoms with Crippen LogP contribution in [0.4, 0.5) is 0 Å². The van der Waals surface area contributed by atoms with Crippen LogP contribution < -0.4 is 5.32 Å². The summed E-state index contributed by atoms with van der Waals surface area (Å²) < 4.78 is 0. The number of aromatic amines is 1. The summed E-state index contributed by atoms with van der Waals surface area (Å²) in [7, 11) is 0. The van der Waals surface area contributed by atoms with Crippen LogP contribution in [0.15, 0.2) is 0 Å². The summed E-state index contributed by atoms with van der Waals surface area (Å²) in [6, 6.07) is 0. The molecule has 15 heavy (non-hydrogen) atoms. The predicted octanol–water partition coefficient (Wildman–Crippen LogP) is 0.612. The highest BCUT2D eigenvalue weighted by Gasteiger charge is 2.23. The topological polar surface area (TPSA) is 83.6 Å². The van der Waals surface area contributed by atoms with Gasteiger partial charge in [0.05, 0.1) is 0 Å². The molecule has 0 atom stereocenters. The second kappa shape index (κ2) is 4.37. The average molecular weight is 211 g/mol. The second-order valence-electron chi connectivity index (χ2n) is 4.56. The molecule has 1 aromatic rings. The van der Waals surface area contributed by atoms with Gasteiger partial charge in [0.2, 0.25) is 0 Å². The molecule has 84 valence electrons. The van der Waals surface area contributed by atoms with E-state index in [1.165, 1.54) is 0 Å². The molecular weight excluding hydrogens is 194 g/mol. The summed E-state index contributed by atoms with van der Waals surface area (Å²) in [5.74, 6) is 0.273. The lowest BCUT2D eigenvalue weighted by atomic mass is 9.81. The van der Waals surface area contributed by atoms with E-state index in [1.54, 1.807) is 0 Å². The van der Waals surface area contributed by atoms with Gasteiger partial charge in [-0.15, -0.1) is 10.2 Å². The highest BCUT2D eigenvalue weighted by atomic mass is 16.2. The van der Waals surface area contributed by atoms with E-state index in [1.807, 2.05) is 0 Å². The molecule has 0 saturated carbocycles. The van der Waals surface area contributed by atoms with Crippen LogP contribution in [0.5, 0.6) is 0 Å². The summed E-state index contributed by atoms with van der Waals surface area (Å²) in [4.78, 5) is 11.5. The summed E-state index contributed by atoms with van der Waals surface area (Å²) in [5, 5.41) is 15.6. The normalized spacial score (nSPS) is 11.8.